The third-order valence-electron chi connectivity index (χ3n) is 5.34. The highest BCUT2D eigenvalue weighted by atomic mass is 16.5. The van der Waals surface area contributed by atoms with E-state index in [0.717, 1.165) is 5.56 Å². The van der Waals surface area contributed by atoms with Crippen molar-refractivity contribution in [1.82, 2.24) is 0 Å². The Labute approximate surface area is 206 Å². The summed E-state index contributed by atoms with van der Waals surface area (Å²) in [5.41, 5.74) is 1.67. The van der Waals surface area contributed by atoms with Crippen LogP contribution < -0.4 is 14.2 Å². The van der Waals surface area contributed by atoms with Gasteiger partial charge in [-0.05, 0) is 49.1 Å². The molecule has 0 N–H and O–H groups in total. The van der Waals surface area contributed by atoms with E-state index < -0.39 is 18.0 Å². The zero-order chi connectivity index (χ0) is 26.3. The number of carbonyl (C=O) groups excluding carboxylic acids is 3. The molecule has 8 heteroatoms. The smallest absolute Gasteiger partial charge is 0.345 e. The average Bonchev–Trinajstić information content (AvgIpc) is 2.82. The van der Waals surface area contributed by atoms with Crippen LogP contribution in [0, 0.1) is 12.8 Å². The fourth-order valence-corrected chi connectivity index (χ4v) is 3.81. The Kier molecular flexibility index (Phi) is 9.68. The molecular weight excluding hydrogens is 452 g/mol. The number of benzene rings is 2. The molecule has 190 valence electrons. The minimum absolute atomic E-state index is 0.00549. The number of carbonyl (C=O) groups is 3. The van der Waals surface area contributed by atoms with E-state index in [2.05, 4.69) is 0 Å². The van der Waals surface area contributed by atoms with Gasteiger partial charge in [-0.15, -0.1) is 0 Å². The molecule has 0 radical (unpaired) electrons. The second-order valence-electron chi connectivity index (χ2n) is 8.50. The zero-order valence-corrected chi connectivity index (χ0v) is 21.6. The molecule has 0 spiro atoms. The lowest BCUT2D eigenvalue weighted by Gasteiger charge is -2.24. The first-order valence-corrected chi connectivity index (χ1v) is 11.4. The predicted octanol–water partition coefficient (Wildman–Crippen LogP) is 5.83. The summed E-state index contributed by atoms with van der Waals surface area (Å²) in [4.78, 5) is 37.4. The Hall–Kier alpha value is -3.55. The molecule has 0 aliphatic heterocycles. The predicted molar refractivity (Wildman–Crippen MR) is 131 cm³/mol. The molecular formula is C27H34O8. The summed E-state index contributed by atoms with van der Waals surface area (Å²) in [7, 11) is 4.13. The van der Waals surface area contributed by atoms with Gasteiger partial charge in [-0.2, -0.15) is 0 Å². The molecule has 2 aromatic rings. The Balaban J connectivity index is 2.77. The Morgan fingerprint density at radius 3 is 2.14 bits per heavy atom. The molecule has 35 heavy (non-hydrogen) atoms. The van der Waals surface area contributed by atoms with Crippen LogP contribution in [0.15, 0.2) is 24.3 Å². The van der Waals surface area contributed by atoms with Gasteiger partial charge >= 0.3 is 11.9 Å². The lowest BCUT2D eigenvalue weighted by molar-refractivity contribution is -0.147. The van der Waals surface area contributed by atoms with Crippen LogP contribution in [0.2, 0.25) is 0 Å². The van der Waals surface area contributed by atoms with Crippen molar-refractivity contribution in [3.8, 4) is 23.0 Å². The molecule has 2 rings (SSSR count). The molecule has 0 saturated heterocycles. The largest absolute Gasteiger partial charge is 0.495 e. The van der Waals surface area contributed by atoms with Crippen molar-refractivity contribution in [3.05, 3.63) is 46.5 Å². The van der Waals surface area contributed by atoms with Gasteiger partial charge in [-0.25, -0.2) is 4.79 Å². The van der Waals surface area contributed by atoms with Crippen molar-refractivity contribution in [3.63, 3.8) is 0 Å². The fraction of sp³-hybridized carbons (Fsp3) is 0.444. The van der Waals surface area contributed by atoms with Gasteiger partial charge in [0, 0.05) is 18.9 Å². The molecule has 0 heterocycles. The van der Waals surface area contributed by atoms with Crippen LogP contribution in [-0.2, 0) is 14.3 Å². The summed E-state index contributed by atoms with van der Waals surface area (Å²) in [6.45, 7) is 8.92. The van der Waals surface area contributed by atoms with Gasteiger partial charge in [-0.3, -0.25) is 9.59 Å². The van der Waals surface area contributed by atoms with Gasteiger partial charge in [0.05, 0.1) is 26.9 Å². The molecule has 8 nitrogen and oxygen atoms in total. The van der Waals surface area contributed by atoms with Crippen molar-refractivity contribution in [1.29, 1.82) is 0 Å². The molecule has 0 amide bonds. The van der Waals surface area contributed by atoms with Crippen LogP contribution in [-0.4, -0.2) is 39.1 Å². The normalized spacial score (nSPS) is 11.6. The highest BCUT2D eigenvalue weighted by Crippen LogP contribution is 2.43. The van der Waals surface area contributed by atoms with Crippen molar-refractivity contribution in [2.75, 3.05) is 21.3 Å². The Bertz CT molecular complexity index is 1090. The first-order valence-electron chi connectivity index (χ1n) is 11.4. The second-order valence-corrected chi connectivity index (χ2v) is 8.50. The molecule has 0 saturated carbocycles. The van der Waals surface area contributed by atoms with Crippen LogP contribution in [0.25, 0.3) is 0 Å². The zero-order valence-electron chi connectivity index (χ0n) is 21.6. The minimum atomic E-state index is -0.709. The lowest BCUT2D eigenvalue weighted by atomic mass is 9.96. The van der Waals surface area contributed by atoms with Crippen LogP contribution in [0.5, 0.6) is 23.0 Å². The number of aryl methyl sites for hydroxylation is 1. The Morgan fingerprint density at radius 2 is 1.63 bits per heavy atom. The fourth-order valence-electron chi connectivity index (χ4n) is 3.81. The molecule has 1 atom stereocenters. The van der Waals surface area contributed by atoms with E-state index >= 15 is 0 Å². The highest BCUT2D eigenvalue weighted by Gasteiger charge is 2.30. The van der Waals surface area contributed by atoms with Crippen molar-refractivity contribution < 1.29 is 38.1 Å². The van der Waals surface area contributed by atoms with E-state index in [1.807, 2.05) is 20.8 Å². The maximum atomic E-state index is 12.9. The third kappa shape index (κ3) is 6.53. The first kappa shape index (κ1) is 27.7. The van der Waals surface area contributed by atoms with Gasteiger partial charge < -0.3 is 23.7 Å². The lowest BCUT2D eigenvalue weighted by Crippen LogP contribution is -2.15. The van der Waals surface area contributed by atoms with E-state index in [9.17, 15) is 14.4 Å². The quantitative estimate of drug-likeness (QED) is 0.289. The van der Waals surface area contributed by atoms with Gasteiger partial charge in [-0.1, -0.05) is 20.8 Å². The Morgan fingerprint density at radius 1 is 0.943 bits per heavy atom. The van der Waals surface area contributed by atoms with Gasteiger partial charge in [0.1, 0.15) is 23.2 Å². The van der Waals surface area contributed by atoms with E-state index in [1.54, 1.807) is 31.2 Å². The molecule has 0 aliphatic carbocycles. The summed E-state index contributed by atoms with van der Waals surface area (Å²) in [6, 6.07) is 6.70. The van der Waals surface area contributed by atoms with Gasteiger partial charge in [0.25, 0.3) is 0 Å². The number of Topliss-reactive ketones (excluding diaryl/α,β-unsaturated/α-hetero) is 1. The SMILES string of the molecule is CCC(=O)c1cc(C)cc(OC)c1Oc1ccc([C@@H](CC(C)C)OC(C)=O)c(OC)c1C(=O)OC. The molecule has 2 aromatic carbocycles. The number of hydrogen-bond donors (Lipinski definition) is 0. The summed E-state index contributed by atoms with van der Waals surface area (Å²) >= 11 is 0. The van der Waals surface area contributed by atoms with Crippen LogP contribution in [0.3, 0.4) is 0 Å². The molecule has 0 unspecified atom stereocenters. The molecule has 0 bridgehead atoms. The highest BCUT2D eigenvalue weighted by molar-refractivity contribution is 6.00. The van der Waals surface area contributed by atoms with Gasteiger partial charge in [0.15, 0.2) is 17.3 Å². The second kappa shape index (κ2) is 12.2. The number of esters is 2. The van der Waals surface area contributed by atoms with E-state index in [4.69, 9.17) is 23.7 Å². The van der Waals surface area contributed by atoms with Crippen molar-refractivity contribution in [2.45, 2.75) is 53.6 Å². The van der Waals surface area contributed by atoms with Crippen molar-refractivity contribution in [2.24, 2.45) is 5.92 Å². The third-order valence-corrected chi connectivity index (χ3v) is 5.34. The number of ketones is 1. The number of methoxy groups -OCH3 is 3. The monoisotopic (exact) mass is 486 g/mol. The molecule has 0 fully saturated rings. The number of rotatable bonds is 11. The van der Waals surface area contributed by atoms with Crippen LogP contribution in [0.1, 0.15) is 78.5 Å². The number of ether oxygens (including phenoxy) is 5. The average molecular weight is 487 g/mol. The number of hydrogen-bond acceptors (Lipinski definition) is 8. The summed E-state index contributed by atoms with van der Waals surface area (Å²) in [5.74, 6) is -0.310. The topological polar surface area (TPSA) is 97.4 Å². The summed E-state index contributed by atoms with van der Waals surface area (Å²) in [5, 5.41) is 0. The van der Waals surface area contributed by atoms with E-state index in [1.165, 1.54) is 28.3 Å². The van der Waals surface area contributed by atoms with Crippen LogP contribution in [0.4, 0.5) is 0 Å². The molecule has 0 aliphatic rings. The maximum Gasteiger partial charge on any atom is 0.345 e. The van der Waals surface area contributed by atoms with E-state index in [0.29, 0.717) is 23.3 Å². The first-order chi connectivity index (χ1) is 16.6. The van der Waals surface area contributed by atoms with Crippen molar-refractivity contribution >= 4 is 17.7 Å². The maximum absolute atomic E-state index is 12.9. The minimum Gasteiger partial charge on any atom is -0.495 e. The van der Waals surface area contributed by atoms with Gasteiger partial charge in [0.2, 0.25) is 0 Å². The summed E-state index contributed by atoms with van der Waals surface area (Å²) < 4.78 is 27.9. The summed E-state index contributed by atoms with van der Waals surface area (Å²) in [6.07, 6.45) is 0.123. The standard InChI is InChI=1S/C27H34O8/c1-9-20(29)19-13-16(4)14-23(31-6)25(19)35-21-11-10-18(22(12-15(2)3)34-17(5)28)26(32-7)24(21)27(30)33-8/h10-11,13-15,22H,9,12H2,1-8H3/t22-/m1/s1. The van der Waals surface area contributed by atoms with E-state index in [-0.39, 0.29) is 40.9 Å². The molecule has 0 aromatic heterocycles. The van der Waals surface area contributed by atoms with Crippen LogP contribution >= 0.6 is 0 Å².